The molecule has 3 heteroatoms. The molecule has 102 valence electrons. The fraction of sp³-hybridized carbons (Fsp3) is 0.600. The monoisotopic (exact) mass is 313 g/mol. The van der Waals surface area contributed by atoms with Crippen molar-refractivity contribution in [3.8, 4) is 5.75 Å². The second-order valence-electron chi connectivity index (χ2n) is 4.55. The minimum absolute atomic E-state index is 0.605. The van der Waals surface area contributed by atoms with E-state index in [0.717, 1.165) is 29.6 Å². The van der Waals surface area contributed by atoms with Gasteiger partial charge in [-0.05, 0) is 56.0 Å². The Kier molecular flexibility index (Phi) is 7.36. The van der Waals surface area contributed by atoms with Gasteiger partial charge in [0.25, 0.3) is 0 Å². The van der Waals surface area contributed by atoms with Gasteiger partial charge in [0.2, 0.25) is 0 Å². The number of hydrogen-bond acceptors (Lipinski definition) is 2. The third-order valence-corrected chi connectivity index (χ3v) is 3.67. The second kappa shape index (κ2) is 8.54. The number of nitrogens with one attached hydrogen (secondary N) is 1. The predicted octanol–water partition coefficient (Wildman–Crippen LogP) is 4.17. The van der Waals surface area contributed by atoms with Crippen LogP contribution in [0.15, 0.2) is 22.7 Å². The number of hydrogen-bond donors (Lipinski definition) is 1. The molecule has 1 aromatic rings. The van der Waals surface area contributed by atoms with Crippen molar-refractivity contribution < 1.29 is 4.74 Å². The topological polar surface area (TPSA) is 21.3 Å². The fourth-order valence-electron chi connectivity index (χ4n) is 2.07. The van der Waals surface area contributed by atoms with Crippen LogP contribution in [0.1, 0.15) is 38.7 Å². The van der Waals surface area contributed by atoms with Gasteiger partial charge in [0.15, 0.2) is 0 Å². The lowest BCUT2D eigenvalue weighted by Gasteiger charge is -2.17. The number of methoxy groups -OCH3 is 1. The Balaban J connectivity index is 2.57. The highest BCUT2D eigenvalue weighted by molar-refractivity contribution is 9.10. The Morgan fingerprint density at radius 2 is 2.11 bits per heavy atom. The van der Waals surface area contributed by atoms with Crippen molar-refractivity contribution in [2.45, 2.75) is 45.6 Å². The molecule has 0 saturated carbocycles. The van der Waals surface area contributed by atoms with Gasteiger partial charge in [0.05, 0.1) is 7.11 Å². The van der Waals surface area contributed by atoms with E-state index in [4.69, 9.17) is 4.74 Å². The van der Waals surface area contributed by atoms with Crippen molar-refractivity contribution in [1.82, 2.24) is 5.32 Å². The standard InChI is InChI=1S/C15H24BrNO/c1-4-10-17-14(5-2)8-6-12-11-13(16)7-9-15(12)18-3/h7,9,11,14,17H,4-6,8,10H2,1-3H3. The molecule has 1 N–H and O–H groups in total. The zero-order chi connectivity index (χ0) is 13.4. The molecule has 1 atom stereocenters. The normalized spacial score (nSPS) is 12.4. The van der Waals surface area contributed by atoms with Crippen LogP contribution in [0.3, 0.4) is 0 Å². The molecular weight excluding hydrogens is 290 g/mol. The van der Waals surface area contributed by atoms with Crippen LogP contribution < -0.4 is 10.1 Å². The Bertz CT molecular complexity index is 354. The number of aryl methyl sites for hydroxylation is 1. The van der Waals surface area contributed by atoms with Crippen LogP contribution in [0, 0.1) is 0 Å². The highest BCUT2D eigenvalue weighted by Gasteiger charge is 2.08. The van der Waals surface area contributed by atoms with Crippen molar-refractivity contribution in [3.63, 3.8) is 0 Å². The van der Waals surface area contributed by atoms with E-state index in [9.17, 15) is 0 Å². The van der Waals surface area contributed by atoms with Crippen LogP contribution >= 0.6 is 15.9 Å². The van der Waals surface area contributed by atoms with E-state index >= 15 is 0 Å². The molecule has 2 nitrogen and oxygen atoms in total. The molecular formula is C15H24BrNO. The molecule has 0 bridgehead atoms. The van der Waals surface area contributed by atoms with Crippen LogP contribution in [0.4, 0.5) is 0 Å². The van der Waals surface area contributed by atoms with Crippen molar-refractivity contribution in [2.75, 3.05) is 13.7 Å². The molecule has 0 aromatic heterocycles. The average Bonchev–Trinajstić information content (AvgIpc) is 2.39. The molecule has 0 radical (unpaired) electrons. The highest BCUT2D eigenvalue weighted by atomic mass is 79.9. The van der Waals surface area contributed by atoms with Gasteiger partial charge in [-0.25, -0.2) is 0 Å². The summed E-state index contributed by atoms with van der Waals surface area (Å²) in [6.07, 6.45) is 4.58. The summed E-state index contributed by atoms with van der Waals surface area (Å²) in [5.74, 6) is 0.989. The van der Waals surface area contributed by atoms with E-state index < -0.39 is 0 Å². The van der Waals surface area contributed by atoms with Crippen LogP contribution in [-0.4, -0.2) is 19.7 Å². The largest absolute Gasteiger partial charge is 0.496 e. The van der Waals surface area contributed by atoms with E-state index in [0.29, 0.717) is 6.04 Å². The third kappa shape index (κ3) is 4.99. The maximum absolute atomic E-state index is 5.41. The third-order valence-electron chi connectivity index (χ3n) is 3.18. The number of ether oxygens (including phenoxy) is 1. The van der Waals surface area contributed by atoms with Crippen molar-refractivity contribution in [2.24, 2.45) is 0 Å². The van der Waals surface area contributed by atoms with E-state index in [1.165, 1.54) is 18.4 Å². The summed E-state index contributed by atoms with van der Waals surface area (Å²) in [6, 6.07) is 6.81. The molecule has 0 aliphatic heterocycles. The molecule has 0 amide bonds. The predicted molar refractivity (Wildman–Crippen MR) is 81.4 cm³/mol. The first-order valence-electron chi connectivity index (χ1n) is 6.77. The summed E-state index contributed by atoms with van der Waals surface area (Å²) in [7, 11) is 1.74. The summed E-state index contributed by atoms with van der Waals surface area (Å²) in [6.45, 7) is 5.55. The zero-order valence-electron chi connectivity index (χ0n) is 11.6. The van der Waals surface area contributed by atoms with E-state index in [2.05, 4.69) is 41.2 Å². The van der Waals surface area contributed by atoms with Crippen LogP contribution in [-0.2, 0) is 6.42 Å². The van der Waals surface area contributed by atoms with Gasteiger partial charge in [-0.15, -0.1) is 0 Å². The molecule has 0 fully saturated rings. The Morgan fingerprint density at radius 3 is 2.72 bits per heavy atom. The molecule has 0 heterocycles. The number of halogens is 1. The summed E-state index contributed by atoms with van der Waals surface area (Å²) in [5.41, 5.74) is 1.28. The maximum Gasteiger partial charge on any atom is 0.122 e. The Hall–Kier alpha value is -0.540. The van der Waals surface area contributed by atoms with Crippen molar-refractivity contribution >= 4 is 15.9 Å². The molecule has 1 aromatic carbocycles. The number of rotatable bonds is 8. The molecule has 0 spiro atoms. The average molecular weight is 314 g/mol. The van der Waals surface area contributed by atoms with E-state index in [1.54, 1.807) is 7.11 Å². The molecule has 0 saturated heterocycles. The van der Waals surface area contributed by atoms with Crippen LogP contribution in [0.5, 0.6) is 5.75 Å². The zero-order valence-corrected chi connectivity index (χ0v) is 13.2. The molecule has 0 aliphatic rings. The fourth-order valence-corrected chi connectivity index (χ4v) is 2.48. The molecule has 0 aliphatic carbocycles. The highest BCUT2D eigenvalue weighted by Crippen LogP contribution is 2.24. The lowest BCUT2D eigenvalue weighted by Crippen LogP contribution is -2.29. The quantitative estimate of drug-likeness (QED) is 0.777. The van der Waals surface area contributed by atoms with Gasteiger partial charge in [-0.2, -0.15) is 0 Å². The lowest BCUT2D eigenvalue weighted by molar-refractivity contribution is 0.405. The van der Waals surface area contributed by atoms with Crippen LogP contribution in [0.25, 0.3) is 0 Å². The first kappa shape index (κ1) is 15.5. The van der Waals surface area contributed by atoms with Gasteiger partial charge >= 0.3 is 0 Å². The first-order chi connectivity index (χ1) is 8.71. The van der Waals surface area contributed by atoms with E-state index in [-0.39, 0.29) is 0 Å². The summed E-state index contributed by atoms with van der Waals surface area (Å²) in [4.78, 5) is 0. The van der Waals surface area contributed by atoms with Gasteiger partial charge < -0.3 is 10.1 Å². The van der Waals surface area contributed by atoms with E-state index in [1.807, 2.05) is 12.1 Å². The summed E-state index contributed by atoms with van der Waals surface area (Å²) >= 11 is 3.52. The minimum Gasteiger partial charge on any atom is -0.496 e. The molecule has 1 rings (SSSR count). The molecule has 18 heavy (non-hydrogen) atoms. The van der Waals surface area contributed by atoms with Gasteiger partial charge in [0.1, 0.15) is 5.75 Å². The Labute approximate surface area is 119 Å². The first-order valence-corrected chi connectivity index (χ1v) is 7.56. The number of benzene rings is 1. The SMILES string of the molecule is CCCNC(CC)CCc1cc(Br)ccc1OC. The molecule has 1 unspecified atom stereocenters. The van der Waals surface area contributed by atoms with Crippen LogP contribution in [0.2, 0.25) is 0 Å². The minimum atomic E-state index is 0.605. The van der Waals surface area contributed by atoms with Crippen molar-refractivity contribution in [3.05, 3.63) is 28.2 Å². The second-order valence-corrected chi connectivity index (χ2v) is 5.47. The van der Waals surface area contributed by atoms with Gasteiger partial charge in [0, 0.05) is 10.5 Å². The van der Waals surface area contributed by atoms with Gasteiger partial charge in [-0.3, -0.25) is 0 Å². The summed E-state index contributed by atoms with van der Waals surface area (Å²) in [5, 5.41) is 3.59. The lowest BCUT2D eigenvalue weighted by atomic mass is 10.0. The van der Waals surface area contributed by atoms with Crippen molar-refractivity contribution in [1.29, 1.82) is 0 Å². The smallest absolute Gasteiger partial charge is 0.122 e. The summed E-state index contributed by atoms with van der Waals surface area (Å²) < 4.78 is 6.52. The van der Waals surface area contributed by atoms with Gasteiger partial charge in [-0.1, -0.05) is 29.8 Å². The maximum atomic E-state index is 5.41. The Morgan fingerprint density at radius 1 is 1.33 bits per heavy atom.